The summed E-state index contributed by atoms with van der Waals surface area (Å²) < 4.78 is 2.14. The monoisotopic (exact) mass is 231 g/mol. The van der Waals surface area contributed by atoms with Gasteiger partial charge in [0, 0.05) is 39.4 Å². The van der Waals surface area contributed by atoms with Crippen molar-refractivity contribution in [2.24, 2.45) is 7.05 Å². The molecule has 3 heterocycles. The van der Waals surface area contributed by atoms with E-state index < -0.39 is 0 Å². The maximum atomic E-state index is 4.60. The number of hydrogen-bond acceptors (Lipinski definition) is 4. The van der Waals surface area contributed by atoms with Crippen molar-refractivity contribution >= 4 is 11.2 Å². The SMILES string of the molecule is Cn1c(CN2CCNCC2)nc2ncccc21. The second kappa shape index (κ2) is 4.43. The number of nitrogens with one attached hydrogen (secondary N) is 1. The summed E-state index contributed by atoms with van der Waals surface area (Å²) in [6.45, 7) is 5.24. The lowest BCUT2D eigenvalue weighted by atomic mass is 10.3. The average molecular weight is 231 g/mol. The third-order valence-corrected chi connectivity index (χ3v) is 3.32. The van der Waals surface area contributed by atoms with Gasteiger partial charge in [0.25, 0.3) is 0 Å². The molecule has 90 valence electrons. The highest BCUT2D eigenvalue weighted by Gasteiger charge is 2.14. The summed E-state index contributed by atoms with van der Waals surface area (Å²) in [5.41, 5.74) is 1.96. The van der Waals surface area contributed by atoms with Gasteiger partial charge in [-0.1, -0.05) is 0 Å². The van der Waals surface area contributed by atoms with Crippen LogP contribution in [0.1, 0.15) is 5.82 Å². The zero-order valence-corrected chi connectivity index (χ0v) is 10.1. The minimum Gasteiger partial charge on any atom is -0.329 e. The number of pyridine rings is 1. The van der Waals surface area contributed by atoms with E-state index in [1.165, 1.54) is 0 Å². The summed E-state index contributed by atoms with van der Waals surface area (Å²) in [6, 6.07) is 4.02. The largest absolute Gasteiger partial charge is 0.329 e. The molecule has 3 rings (SSSR count). The first-order valence-corrected chi connectivity index (χ1v) is 6.04. The Morgan fingerprint density at radius 2 is 2.18 bits per heavy atom. The number of aryl methyl sites for hydroxylation is 1. The van der Waals surface area contributed by atoms with Crippen molar-refractivity contribution in [3.63, 3.8) is 0 Å². The van der Waals surface area contributed by atoms with Gasteiger partial charge in [0.15, 0.2) is 5.65 Å². The highest BCUT2D eigenvalue weighted by molar-refractivity contribution is 5.71. The number of hydrogen-bond donors (Lipinski definition) is 1. The van der Waals surface area contributed by atoms with Crippen LogP contribution in [0, 0.1) is 0 Å². The predicted molar refractivity (Wildman–Crippen MR) is 66.7 cm³/mol. The maximum absolute atomic E-state index is 4.60. The molecule has 0 atom stereocenters. The number of aromatic nitrogens is 3. The first-order chi connectivity index (χ1) is 8.34. The van der Waals surface area contributed by atoms with E-state index in [1.54, 1.807) is 6.20 Å². The van der Waals surface area contributed by atoms with Gasteiger partial charge in [-0.15, -0.1) is 0 Å². The molecule has 1 fully saturated rings. The third-order valence-electron chi connectivity index (χ3n) is 3.32. The topological polar surface area (TPSA) is 46.0 Å². The summed E-state index contributed by atoms with van der Waals surface area (Å²) in [7, 11) is 2.06. The number of rotatable bonds is 2. The van der Waals surface area contributed by atoms with E-state index in [0.29, 0.717) is 0 Å². The fourth-order valence-corrected chi connectivity index (χ4v) is 2.28. The molecular weight excluding hydrogens is 214 g/mol. The minimum atomic E-state index is 0.847. The van der Waals surface area contributed by atoms with Gasteiger partial charge in [-0.25, -0.2) is 9.97 Å². The molecule has 0 unspecified atom stereocenters. The summed E-state index contributed by atoms with van der Waals surface area (Å²) in [5.74, 6) is 1.10. The number of fused-ring (bicyclic) bond motifs is 1. The molecule has 0 aromatic carbocycles. The van der Waals surface area contributed by atoms with Crippen LogP contribution in [-0.4, -0.2) is 45.6 Å². The van der Waals surface area contributed by atoms with E-state index in [9.17, 15) is 0 Å². The molecule has 0 amide bonds. The maximum Gasteiger partial charge on any atom is 0.177 e. The molecule has 1 N–H and O–H groups in total. The number of imidazole rings is 1. The lowest BCUT2D eigenvalue weighted by molar-refractivity contribution is 0.226. The molecule has 2 aromatic heterocycles. The van der Waals surface area contributed by atoms with E-state index in [1.807, 2.05) is 6.07 Å². The van der Waals surface area contributed by atoms with Gasteiger partial charge >= 0.3 is 0 Å². The Morgan fingerprint density at radius 3 is 2.94 bits per heavy atom. The molecule has 1 aliphatic heterocycles. The first-order valence-electron chi connectivity index (χ1n) is 6.04. The molecule has 1 saturated heterocycles. The molecular formula is C12H17N5. The van der Waals surface area contributed by atoms with E-state index in [-0.39, 0.29) is 0 Å². The number of piperazine rings is 1. The molecule has 1 aliphatic rings. The van der Waals surface area contributed by atoms with Crippen LogP contribution in [0.4, 0.5) is 0 Å². The van der Waals surface area contributed by atoms with Crippen LogP contribution in [0.2, 0.25) is 0 Å². The zero-order chi connectivity index (χ0) is 11.7. The minimum absolute atomic E-state index is 0.847. The molecule has 0 spiro atoms. The smallest absolute Gasteiger partial charge is 0.177 e. The van der Waals surface area contributed by atoms with Gasteiger partial charge < -0.3 is 9.88 Å². The van der Waals surface area contributed by atoms with Gasteiger partial charge in [0.1, 0.15) is 5.82 Å². The van der Waals surface area contributed by atoms with Crippen molar-refractivity contribution in [1.29, 1.82) is 0 Å². The van der Waals surface area contributed by atoms with Crippen LogP contribution < -0.4 is 5.32 Å². The highest BCUT2D eigenvalue weighted by Crippen LogP contribution is 2.13. The molecule has 0 bridgehead atoms. The quantitative estimate of drug-likeness (QED) is 0.811. The Labute approximate surface area is 100 Å². The standard InChI is InChI=1S/C12H17N5/c1-16-10-3-2-4-14-12(10)15-11(16)9-17-7-5-13-6-8-17/h2-4,13H,5-9H2,1H3. The van der Waals surface area contributed by atoms with Gasteiger partial charge in [0.2, 0.25) is 0 Å². The lowest BCUT2D eigenvalue weighted by Gasteiger charge is -2.26. The van der Waals surface area contributed by atoms with Crippen LogP contribution in [0.15, 0.2) is 18.3 Å². The van der Waals surface area contributed by atoms with Gasteiger partial charge in [-0.2, -0.15) is 0 Å². The summed E-state index contributed by atoms with van der Waals surface area (Å²) in [5, 5.41) is 3.36. The van der Waals surface area contributed by atoms with Crippen molar-refractivity contribution in [2.75, 3.05) is 26.2 Å². The van der Waals surface area contributed by atoms with Crippen LogP contribution in [0.3, 0.4) is 0 Å². The fourth-order valence-electron chi connectivity index (χ4n) is 2.28. The summed E-state index contributed by atoms with van der Waals surface area (Å²) >= 11 is 0. The van der Waals surface area contributed by atoms with E-state index in [0.717, 1.165) is 49.7 Å². The Bertz CT molecular complexity index is 513. The van der Waals surface area contributed by atoms with Crippen molar-refractivity contribution in [2.45, 2.75) is 6.54 Å². The van der Waals surface area contributed by atoms with E-state index in [2.05, 4.69) is 37.9 Å². The van der Waals surface area contributed by atoms with Gasteiger partial charge in [-0.3, -0.25) is 4.90 Å². The van der Waals surface area contributed by atoms with Crippen molar-refractivity contribution in [3.05, 3.63) is 24.2 Å². The van der Waals surface area contributed by atoms with Crippen molar-refractivity contribution < 1.29 is 0 Å². The second-order valence-corrected chi connectivity index (χ2v) is 4.46. The lowest BCUT2D eigenvalue weighted by Crippen LogP contribution is -2.43. The molecule has 0 radical (unpaired) electrons. The average Bonchev–Trinajstić information content (AvgIpc) is 2.68. The van der Waals surface area contributed by atoms with Crippen molar-refractivity contribution in [1.82, 2.24) is 24.8 Å². The molecule has 17 heavy (non-hydrogen) atoms. The second-order valence-electron chi connectivity index (χ2n) is 4.46. The first kappa shape index (κ1) is 10.7. The van der Waals surface area contributed by atoms with E-state index in [4.69, 9.17) is 0 Å². The molecule has 5 heteroatoms. The highest BCUT2D eigenvalue weighted by atomic mass is 15.2. The predicted octanol–water partition coefficient (Wildman–Crippen LogP) is 0.374. The summed E-state index contributed by atoms with van der Waals surface area (Å²) in [4.78, 5) is 11.3. The molecule has 5 nitrogen and oxygen atoms in total. The molecule has 0 aliphatic carbocycles. The number of nitrogens with zero attached hydrogens (tertiary/aromatic N) is 4. The Hall–Kier alpha value is -1.46. The summed E-state index contributed by atoms with van der Waals surface area (Å²) in [6.07, 6.45) is 1.80. The normalized spacial score (nSPS) is 17.7. The Morgan fingerprint density at radius 1 is 1.35 bits per heavy atom. The van der Waals surface area contributed by atoms with Gasteiger partial charge in [0.05, 0.1) is 12.1 Å². The molecule has 0 saturated carbocycles. The Balaban J connectivity index is 1.87. The van der Waals surface area contributed by atoms with Gasteiger partial charge in [-0.05, 0) is 12.1 Å². The zero-order valence-electron chi connectivity index (χ0n) is 10.1. The molecule has 2 aromatic rings. The van der Waals surface area contributed by atoms with Crippen LogP contribution in [-0.2, 0) is 13.6 Å². The fraction of sp³-hybridized carbons (Fsp3) is 0.500. The van der Waals surface area contributed by atoms with Crippen LogP contribution in [0.25, 0.3) is 11.2 Å². The Kier molecular flexibility index (Phi) is 2.78. The van der Waals surface area contributed by atoms with Crippen molar-refractivity contribution in [3.8, 4) is 0 Å². The third kappa shape index (κ3) is 2.03. The van der Waals surface area contributed by atoms with Crippen LogP contribution >= 0.6 is 0 Å². The van der Waals surface area contributed by atoms with Crippen LogP contribution in [0.5, 0.6) is 0 Å². The van der Waals surface area contributed by atoms with E-state index >= 15 is 0 Å².